The molecule has 1 aliphatic heterocycles. The van der Waals surface area contributed by atoms with E-state index in [1.165, 1.54) is 18.9 Å². The lowest BCUT2D eigenvalue weighted by atomic mass is 10.2. The molecule has 2 nitrogen and oxygen atoms in total. The van der Waals surface area contributed by atoms with Crippen molar-refractivity contribution in [2.75, 3.05) is 26.7 Å². The van der Waals surface area contributed by atoms with Crippen LogP contribution in [0.3, 0.4) is 0 Å². The molecule has 0 unspecified atom stereocenters. The highest BCUT2D eigenvalue weighted by Gasteiger charge is 2.28. The molecular formula is C9H19N2+. The van der Waals surface area contributed by atoms with Gasteiger partial charge in [-0.2, -0.15) is 0 Å². The summed E-state index contributed by atoms with van der Waals surface area (Å²) in [4.78, 5) is 2.46. The molecule has 0 N–H and O–H groups in total. The highest BCUT2D eigenvalue weighted by atomic mass is 15.3. The van der Waals surface area contributed by atoms with Gasteiger partial charge in [0, 0.05) is 0 Å². The van der Waals surface area contributed by atoms with Crippen LogP contribution in [0.15, 0.2) is 0 Å². The number of likely N-dealkylation sites (N-methyl/N-ethyl adjacent to an activating group) is 2. The summed E-state index contributed by atoms with van der Waals surface area (Å²) in [5.74, 6) is 2.18. The second-order valence-corrected chi connectivity index (χ2v) is 3.51. The summed E-state index contributed by atoms with van der Waals surface area (Å²) < 4.78 is 2.37. The van der Waals surface area contributed by atoms with E-state index in [9.17, 15) is 0 Å². The van der Waals surface area contributed by atoms with Gasteiger partial charge < -0.3 is 0 Å². The van der Waals surface area contributed by atoms with Crippen LogP contribution in [0.1, 0.15) is 20.8 Å². The quantitative estimate of drug-likeness (QED) is 0.540. The van der Waals surface area contributed by atoms with Crippen molar-refractivity contribution in [3.05, 3.63) is 0 Å². The average Bonchev–Trinajstić information content (AvgIpc) is 2.30. The molecule has 0 aromatic carbocycles. The summed E-state index contributed by atoms with van der Waals surface area (Å²) in [5, 5.41) is 0. The molecule has 2 heteroatoms. The van der Waals surface area contributed by atoms with Gasteiger partial charge in [-0.15, -0.1) is 0 Å². The van der Waals surface area contributed by atoms with Crippen LogP contribution in [0.5, 0.6) is 0 Å². The molecule has 0 atom stereocenters. The number of nitrogens with zero attached hydrogens (tertiary/aromatic N) is 2. The van der Waals surface area contributed by atoms with Crippen LogP contribution in [0.4, 0.5) is 0 Å². The van der Waals surface area contributed by atoms with E-state index in [-0.39, 0.29) is 0 Å². The maximum atomic E-state index is 2.46. The fourth-order valence-corrected chi connectivity index (χ4v) is 1.87. The maximum Gasteiger partial charge on any atom is 0.249 e. The first-order valence-electron chi connectivity index (χ1n) is 4.49. The third-order valence-corrected chi connectivity index (χ3v) is 2.32. The van der Waals surface area contributed by atoms with E-state index in [2.05, 4.69) is 37.3 Å². The monoisotopic (exact) mass is 155 g/mol. The van der Waals surface area contributed by atoms with Crippen LogP contribution in [0.2, 0.25) is 0 Å². The second-order valence-electron chi connectivity index (χ2n) is 3.51. The van der Waals surface area contributed by atoms with Gasteiger partial charge in [-0.3, -0.25) is 9.48 Å². The molecule has 11 heavy (non-hydrogen) atoms. The van der Waals surface area contributed by atoms with Crippen LogP contribution in [0, 0.1) is 5.92 Å². The van der Waals surface area contributed by atoms with E-state index in [1.54, 1.807) is 0 Å². The Morgan fingerprint density at radius 1 is 1.55 bits per heavy atom. The van der Waals surface area contributed by atoms with Crippen LogP contribution in [-0.4, -0.2) is 42.0 Å². The molecule has 0 amide bonds. The smallest absolute Gasteiger partial charge is 0.249 e. The van der Waals surface area contributed by atoms with Gasteiger partial charge in [-0.05, 0) is 6.92 Å². The summed E-state index contributed by atoms with van der Waals surface area (Å²) >= 11 is 0. The zero-order valence-electron chi connectivity index (χ0n) is 8.09. The highest BCUT2D eigenvalue weighted by Crippen LogP contribution is 2.07. The average molecular weight is 155 g/mol. The van der Waals surface area contributed by atoms with E-state index < -0.39 is 0 Å². The zero-order chi connectivity index (χ0) is 8.43. The molecule has 1 aliphatic rings. The Morgan fingerprint density at radius 3 is 2.55 bits per heavy atom. The molecule has 0 aromatic rings. The van der Waals surface area contributed by atoms with E-state index in [0.717, 1.165) is 6.54 Å². The Labute approximate surface area is 69.5 Å². The number of amidine groups is 1. The molecule has 0 fully saturated rings. The predicted molar refractivity (Wildman–Crippen MR) is 48.1 cm³/mol. The van der Waals surface area contributed by atoms with Crippen molar-refractivity contribution in [2.24, 2.45) is 5.92 Å². The number of rotatable bonds is 2. The lowest BCUT2D eigenvalue weighted by Crippen LogP contribution is -2.32. The van der Waals surface area contributed by atoms with Crippen LogP contribution >= 0.6 is 0 Å². The Bertz CT molecular complexity index is 170. The Hall–Kier alpha value is -0.530. The lowest BCUT2D eigenvalue weighted by Gasteiger charge is -2.12. The first-order valence-corrected chi connectivity index (χ1v) is 4.49. The molecule has 64 valence electrons. The van der Waals surface area contributed by atoms with E-state index in [0.29, 0.717) is 5.92 Å². The Kier molecular flexibility index (Phi) is 2.53. The van der Waals surface area contributed by atoms with Crippen molar-refractivity contribution in [1.82, 2.24) is 4.90 Å². The first kappa shape index (κ1) is 8.57. The number of hydrogen-bond donors (Lipinski definition) is 0. The van der Waals surface area contributed by atoms with Crippen LogP contribution < -0.4 is 0 Å². The standard InChI is InChI=1S/C9H19N2/c1-5-11-7-6-10(4)9(11)8(2)3/h8H,5-7H2,1-4H3/q+1. The molecule has 1 heterocycles. The Balaban J connectivity index is 2.76. The fraction of sp³-hybridized carbons (Fsp3) is 0.889. The Morgan fingerprint density at radius 2 is 2.18 bits per heavy atom. The minimum absolute atomic E-state index is 0.669. The minimum Gasteiger partial charge on any atom is -0.264 e. The first-order chi connectivity index (χ1) is 5.16. The van der Waals surface area contributed by atoms with E-state index >= 15 is 0 Å². The maximum absolute atomic E-state index is 2.46. The van der Waals surface area contributed by atoms with Gasteiger partial charge in [0.1, 0.15) is 13.1 Å². The predicted octanol–water partition coefficient (Wildman–Crippen LogP) is 1.02. The molecule has 0 spiro atoms. The summed E-state index contributed by atoms with van der Waals surface area (Å²) in [6.45, 7) is 10.3. The zero-order valence-corrected chi connectivity index (χ0v) is 8.09. The van der Waals surface area contributed by atoms with Gasteiger partial charge in [-0.25, -0.2) is 0 Å². The molecule has 0 bridgehead atoms. The largest absolute Gasteiger partial charge is 0.264 e. The van der Waals surface area contributed by atoms with Gasteiger partial charge in [0.15, 0.2) is 0 Å². The van der Waals surface area contributed by atoms with Gasteiger partial charge in [-0.1, -0.05) is 13.8 Å². The second kappa shape index (κ2) is 3.24. The highest BCUT2D eigenvalue weighted by molar-refractivity contribution is 5.80. The molecule has 0 saturated heterocycles. The summed E-state index contributed by atoms with van der Waals surface area (Å²) in [5.41, 5.74) is 0. The molecular weight excluding hydrogens is 136 g/mol. The van der Waals surface area contributed by atoms with Crippen molar-refractivity contribution in [3.63, 3.8) is 0 Å². The summed E-state index contributed by atoms with van der Waals surface area (Å²) in [7, 11) is 2.19. The van der Waals surface area contributed by atoms with E-state index in [4.69, 9.17) is 0 Å². The molecule has 0 aromatic heterocycles. The minimum atomic E-state index is 0.669. The third-order valence-electron chi connectivity index (χ3n) is 2.32. The molecule has 0 aliphatic carbocycles. The summed E-state index contributed by atoms with van der Waals surface area (Å²) in [6.07, 6.45) is 0. The van der Waals surface area contributed by atoms with Crippen molar-refractivity contribution in [1.29, 1.82) is 0 Å². The lowest BCUT2D eigenvalue weighted by molar-refractivity contribution is -0.488. The van der Waals surface area contributed by atoms with Crippen molar-refractivity contribution in [3.8, 4) is 0 Å². The molecule has 1 rings (SSSR count). The van der Waals surface area contributed by atoms with Gasteiger partial charge >= 0.3 is 0 Å². The van der Waals surface area contributed by atoms with Gasteiger partial charge in [0.05, 0.1) is 19.5 Å². The van der Waals surface area contributed by atoms with Crippen molar-refractivity contribution >= 4 is 5.84 Å². The van der Waals surface area contributed by atoms with E-state index in [1.807, 2.05) is 0 Å². The molecule has 0 radical (unpaired) electrons. The van der Waals surface area contributed by atoms with Crippen LogP contribution in [0.25, 0.3) is 0 Å². The topological polar surface area (TPSA) is 6.25 Å². The van der Waals surface area contributed by atoms with Crippen molar-refractivity contribution in [2.45, 2.75) is 20.8 Å². The normalized spacial score (nSPS) is 18.8. The fourth-order valence-electron chi connectivity index (χ4n) is 1.87. The number of hydrogen-bond acceptors (Lipinski definition) is 1. The van der Waals surface area contributed by atoms with Crippen molar-refractivity contribution < 1.29 is 4.58 Å². The van der Waals surface area contributed by atoms with Crippen LogP contribution in [-0.2, 0) is 0 Å². The third kappa shape index (κ3) is 1.55. The van der Waals surface area contributed by atoms with Gasteiger partial charge in [0.25, 0.3) is 0 Å². The SMILES string of the molecule is CCN1CC[N+](C)=C1C(C)C. The van der Waals surface area contributed by atoms with Gasteiger partial charge in [0.2, 0.25) is 5.84 Å². The molecule has 0 saturated carbocycles. The summed E-state index contributed by atoms with van der Waals surface area (Å²) in [6, 6.07) is 0.